The number of carbonyl (C=O) groups excluding carboxylic acids is 1. The van der Waals surface area contributed by atoms with Crippen molar-refractivity contribution in [2.24, 2.45) is 0 Å². The van der Waals surface area contributed by atoms with Crippen molar-refractivity contribution in [2.75, 3.05) is 19.6 Å². The van der Waals surface area contributed by atoms with Gasteiger partial charge < -0.3 is 19.6 Å². The van der Waals surface area contributed by atoms with E-state index >= 15 is 0 Å². The number of carboxylic acids is 1. The van der Waals surface area contributed by atoms with Crippen LogP contribution in [0.2, 0.25) is 0 Å². The van der Waals surface area contributed by atoms with Gasteiger partial charge in [-0.25, -0.2) is 14.6 Å². The molecular formula is C34H35N5O4. The van der Waals surface area contributed by atoms with Gasteiger partial charge in [-0.3, -0.25) is 9.88 Å². The molecule has 9 nitrogen and oxygen atoms in total. The summed E-state index contributed by atoms with van der Waals surface area (Å²) in [5, 5.41) is 9.09. The Morgan fingerprint density at radius 2 is 1.65 bits per heavy atom. The number of hydrogen-bond donors (Lipinski definition) is 1. The third-order valence-electron chi connectivity index (χ3n) is 8.37. The highest BCUT2D eigenvalue weighted by molar-refractivity contribution is 5.87. The van der Waals surface area contributed by atoms with E-state index < -0.39 is 5.97 Å². The first-order chi connectivity index (χ1) is 20.9. The van der Waals surface area contributed by atoms with E-state index in [2.05, 4.69) is 31.9 Å². The maximum absolute atomic E-state index is 13.8. The number of rotatable bonds is 9. The van der Waals surface area contributed by atoms with Crippen LogP contribution in [0.5, 0.6) is 11.6 Å². The van der Waals surface area contributed by atoms with Crippen LogP contribution in [0.3, 0.4) is 0 Å². The van der Waals surface area contributed by atoms with E-state index in [1.54, 1.807) is 24.5 Å². The fraction of sp³-hybridized carbons (Fsp3) is 0.294. The minimum absolute atomic E-state index is 0.0337. The van der Waals surface area contributed by atoms with Crippen molar-refractivity contribution < 1.29 is 19.4 Å². The maximum atomic E-state index is 13.8. The van der Waals surface area contributed by atoms with Crippen molar-refractivity contribution in [2.45, 2.75) is 44.9 Å². The van der Waals surface area contributed by atoms with Crippen LogP contribution < -0.4 is 4.74 Å². The lowest BCUT2D eigenvalue weighted by molar-refractivity contribution is 0.0696. The molecule has 0 spiro atoms. The van der Waals surface area contributed by atoms with Crippen molar-refractivity contribution >= 4 is 12.0 Å². The van der Waals surface area contributed by atoms with Gasteiger partial charge in [-0.15, -0.1) is 0 Å². The van der Waals surface area contributed by atoms with Crippen LogP contribution in [0.1, 0.15) is 51.6 Å². The molecule has 2 aromatic heterocycles. The van der Waals surface area contributed by atoms with Gasteiger partial charge in [-0.05, 0) is 72.9 Å². The Kier molecular flexibility index (Phi) is 8.33. The molecule has 1 atom stereocenters. The number of carbonyl (C=O) groups is 2. The zero-order chi connectivity index (χ0) is 29.8. The van der Waals surface area contributed by atoms with Gasteiger partial charge >= 0.3 is 12.0 Å². The Balaban J connectivity index is 1.09. The first kappa shape index (κ1) is 28.4. The molecule has 43 heavy (non-hydrogen) atoms. The summed E-state index contributed by atoms with van der Waals surface area (Å²) in [4.78, 5) is 40.2. The highest BCUT2D eigenvalue weighted by Crippen LogP contribution is 2.35. The van der Waals surface area contributed by atoms with E-state index in [1.807, 2.05) is 54.3 Å². The van der Waals surface area contributed by atoms with Gasteiger partial charge in [-0.1, -0.05) is 36.4 Å². The Morgan fingerprint density at radius 3 is 2.33 bits per heavy atom. The van der Waals surface area contributed by atoms with Crippen molar-refractivity contribution in [1.82, 2.24) is 24.7 Å². The lowest BCUT2D eigenvalue weighted by atomic mass is 9.98. The molecule has 2 fully saturated rings. The fourth-order valence-electron chi connectivity index (χ4n) is 6.04. The number of benzene rings is 2. The summed E-state index contributed by atoms with van der Waals surface area (Å²) in [5.74, 6) is 0.0371. The minimum Gasteiger partial charge on any atom is -0.478 e. The summed E-state index contributed by atoms with van der Waals surface area (Å²) in [6, 6.07) is 24.8. The lowest BCUT2D eigenvalue weighted by Gasteiger charge is -2.39. The lowest BCUT2D eigenvalue weighted by Crippen LogP contribution is -2.47. The monoisotopic (exact) mass is 577 g/mol. The van der Waals surface area contributed by atoms with Crippen molar-refractivity contribution in [1.29, 1.82) is 0 Å². The van der Waals surface area contributed by atoms with Crippen molar-refractivity contribution in [3.63, 3.8) is 0 Å². The molecule has 2 aliphatic heterocycles. The van der Waals surface area contributed by atoms with Crippen molar-refractivity contribution in [3.8, 4) is 11.6 Å². The van der Waals surface area contributed by atoms with Gasteiger partial charge in [-0.2, -0.15) is 0 Å². The van der Waals surface area contributed by atoms with Crippen molar-refractivity contribution in [3.05, 3.63) is 119 Å². The SMILES string of the molecule is Cc1nc(Oc2ccc(C(=O)O)cc2)ccc1CN1CCC(N2C(=O)N(Cc3ccncc3)C[C@H]2c2ccccc2)CC1. The van der Waals surface area contributed by atoms with Crippen LogP contribution in [-0.2, 0) is 13.1 Å². The smallest absolute Gasteiger partial charge is 0.335 e. The second kappa shape index (κ2) is 12.6. The quantitative estimate of drug-likeness (QED) is 0.264. The highest BCUT2D eigenvalue weighted by atomic mass is 16.5. The standard InChI is InChI=1S/C34H35N5O4/c1-24-28(9-12-32(36-24)43-30-10-7-27(8-11-30)33(40)41)22-37-19-15-29(16-20-37)39-31(26-5-3-2-4-6-26)23-38(34(39)42)21-25-13-17-35-18-14-25/h2-14,17-18,29,31H,15-16,19-23H2,1H3,(H,40,41)/t31-/m0/s1. The van der Waals surface area contributed by atoms with Crippen LogP contribution >= 0.6 is 0 Å². The average Bonchev–Trinajstić information content (AvgIpc) is 3.35. The van der Waals surface area contributed by atoms with E-state index in [9.17, 15) is 9.59 Å². The van der Waals surface area contributed by atoms with Gasteiger partial charge in [0.15, 0.2) is 0 Å². The number of amides is 2. The Hall–Kier alpha value is -4.76. The number of urea groups is 1. The van der Waals surface area contributed by atoms with E-state index in [4.69, 9.17) is 9.84 Å². The summed E-state index contributed by atoms with van der Waals surface area (Å²) in [6.07, 6.45) is 5.38. The molecule has 2 aromatic carbocycles. The number of nitrogens with zero attached hydrogens (tertiary/aromatic N) is 5. The summed E-state index contributed by atoms with van der Waals surface area (Å²) in [6.45, 7) is 5.81. The molecule has 4 aromatic rings. The molecule has 0 bridgehead atoms. The summed E-state index contributed by atoms with van der Waals surface area (Å²) in [7, 11) is 0. The molecule has 0 saturated carbocycles. The van der Waals surface area contributed by atoms with Gasteiger partial charge in [0.25, 0.3) is 0 Å². The first-order valence-corrected chi connectivity index (χ1v) is 14.7. The summed E-state index contributed by atoms with van der Waals surface area (Å²) < 4.78 is 5.85. The number of hydrogen-bond acceptors (Lipinski definition) is 6. The van der Waals surface area contributed by atoms with Gasteiger partial charge in [0.1, 0.15) is 5.75 Å². The second-order valence-electron chi connectivity index (χ2n) is 11.2. The highest BCUT2D eigenvalue weighted by Gasteiger charge is 2.42. The first-order valence-electron chi connectivity index (χ1n) is 14.7. The Labute approximate surface area is 251 Å². The molecule has 4 heterocycles. The molecular weight excluding hydrogens is 542 g/mol. The molecule has 2 aliphatic rings. The minimum atomic E-state index is -0.972. The van der Waals surface area contributed by atoms with Gasteiger partial charge in [0, 0.05) is 62.9 Å². The molecule has 0 aliphatic carbocycles. The van der Waals surface area contributed by atoms with Crippen LogP contribution in [0.15, 0.2) is 91.3 Å². The van der Waals surface area contributed by atoms with Crippen LogP contribution in [0.25, 0.3) is 0 Å². The van der Waals surface area contributed by atoms with E-state index in [-0.39, 0.29) is 23.7 Å². The Morgan fingerprint density at radius 1 is 0.930 bits per heavy atom. The maximum Gasteiger partial charge on any atom is 0.335 e. The Bertz CT molecular complexity index is 1560. The number of aryl methyl sites for hydroxylation is 1. The predicted molar refractivity (Wildman–Crippen MR) is 162 cm³/mol. The number of likely N-dealkylation sites (tertiary alicyclic amines) is 1. The van der Waals surface area contributed by atoms with E-state index in [0.29, 0.717) is 24.7 Å². The van der Waals surface area contributed by atoms with E-state index in [1.165, 1.54) is 17.7 Å². The molecule has 0 radical (unpaired) electrons. The zero-order valence-electron chi connectivity index (χ0n) is 24.2. The molecule has 220 valence electrons. The molecule has 6 rings (SSSR count). The summed E-state index contributed by atoms with van der Waals surface area (Å²) in [5.41, 5.74) is 4.51. The average molecular weight is 578 g/mol. The normalized spacial score (nSPS) is 17.8. The molecule has 0 unspecified atom stereocenters. The third kappa shape index (κ3) is 6.52. The molecule has 2 amide bonds. The second-order valence-corrected chi connectivity index (χ2v) is 11.2. The largest absolute Gasteiger partial charge is 0.478 e. The predicted octanol–water partition coefficient (Wildman–Crippen LogP) is 5.92. The van der Waals surface area contributed by atoms with Crippen LogP contribution in [0, 0.1) is 6.92 Å². The fourth-order valence-corrected chi connectivity index (χ4v) is 6.04. The number of piperidine rings is 1. The zero-order valence-corrected chi connectivity index (χ0v) is 24.2. The molecule has 9 heteroatoms. The number of carboxylic acid groups (broad SMARTS) is 1. The summed E-state index contributed by atoms with van der Waals surface area (Å²) >= 11 is 0. The molecule has 1 N–H and O–H groups in total. The number of aromatic carboxylic acids is 1. The topological polar surface area (TPSA) is 99.1 Å². The van der Waals surface area contributed by atoms with Crippen LogP contribution in [0.4, 0.5) is 4.79 Å². The third-order valence-corrected chi connectivity index (χ3v) is 8.37. The van der Waals surface area contributed by atoms with Gasteiger partial charge in [0.05, 0.1) is 11.6 Å². The van der Waals surface area contributed by atoms with E-state index in [0.717, 1.165) is 49.3 Å². The number of aromatic nitrogens is 2. The van der Waals surface area contributed by atoms with Gasteiger partial charge in [0.2, 0.25) is 5.88 Å². The molecule has 2 saturated heterocycles. The number of ether oxygens (including phenoxy) is 1. The van der Waals surface area contributed by atoms with Crippen LogP contribution in [-0.4, -0.2) is 67.5 Å². The number of pyridine rings is 2.